The van der Waals surface area contributed by atoms with Crippen LogP contribution >= 0.6 is 10.7 Å². The maximum absolute atomic E-state index is 11.1. The summed E-state index contributed by atoms with van der Waals surface area (Å²) in [5.74, 6) is 0.588. The molecule has 2 aromatic heterocycles. The summed E-state index contributed by atoms with van der Waals surface area (Å²) >= 11 is 0. The van der Waals surface area contributed by atoms with Gasteiger partial charge in [0.05, 0.1) is 18.6 Å². The van der Waals surface area contributed by atoms with Crippen molar-refractivity contribution in [3.63, 3.8) is 0 Å². The largest absolute Gasteiger partial charge is 0.336 e. The molecule has 2 aromatic rings. The van der Waals surface area contributed by atoms with Crippen molar-refractivity contribution in [2.75, 3.05) is 0 Å². The molecule has 2 heterocycles. The summed E-state index contributed by atoms with van der Waals surface area (Å²) in [6.07, 6.45) is 4.82. The van der Waals surface area contributed by atoms with Crippen LogP contribution in [0.1, 0.15) is 11.5 Å². The van der Waals surface area contributed by atoms with Gasteiger partial charge in [-0.15, -0.1) is 0 Å². The van der Waals surface area contributed by atoms with Crippen LogP contribution in [0.2, 0.25) is 0 Å². The molecule has 0 saturated carbocycles. The molecule has 0 unspecified atom stereocenters. The van der Waals surface area contributed by atoms with Crippen LogP contribution in [0.25, 0.3) is 0 Å². The molecular weight excluding hydrogens is 264 g/mol. The Kier molecular flexibility index (Phi) is 2.96. The number of halogens is 1. The summed E-state index contributed by atoms with van der Waals surface area (Å²) in [6, 6.07) is 0. The van der Waals surface area contributed by atoms with Crippen molar-refractivity contribution in [1.82, 2.24) is 19.1 Å². The minimum absolute atomic E-state index is 0.126. The van der Waals surface area contributed by atoms with E-state index in [1.54, 1.807) is 24.0 Å². The van der Waals surface area contributed by atoms with Gasteiger partial charge in [-0.1, -0.05) is 0 Å². The van der Waals surface area contributed by atoms with Gasteiger partial charge in [-0.2, -0.15) is 0 Å². The Balaban J connectivity index is 2.35. The van der Waals surface area contributed by atoms with E-state index in [4.69, 9.17) is 10.7 Å². The zero-order chi connectivity index (χ0) is 12.6. The number of hydrogen-bond acceptors (Lipinski definition) is 4. The first-order valence-corrected chi connectivity index (χ1v) is 7.12. The first-order chi connectivity index (χ1) is 7.88. The Bertz CT molecular complexity index is 644. The zero-order valence-electron chi connectivity index (χ0n) is 9.33. The molecule has 0 aliphatic rings. The van der Waals surface area contributed by atoms with Crippen molar-refractivity contribution >= 4 is 19.7 Å². The van der Waals surface area contributed by atoms with Gasteiger partial charge in [0.25, 0.3) is 9.05 Å². The highest BCUT2D eigenvalue weighted by Gasteiger charge is 2.16. The third-order valence-electron chi connectivity index (χ3n) is 2.45. The quantitative estimate of drug-likeness (QED) is 0.780. The minimum Gasteiger partial charge on any atom is -0.336 e. The molecule has 0 atom stereocenters. The summed E-state index contributed by atoms with van der Waals surface area (Å²) in [5.41, 5.74) is 0.948. The van der Waals surface area contributed by atoms with Gasteiger partial charge in [0, 0.05) is 30.1 Å². The van der Waals surface area contributed by atoms with Crippen molar-refractivity contribution in [2.45, 2.75) is 18.5 Å². The molecule has 0 aromatic carbocycles. The Labute approximate surface area is 103 Å². The van der Waals surface area contributed by atoms with Crippen LogP contribution in [0.5, 0.6) is 0 Å². The Morgan fingerprint density at radius 3 is 2.65 bits per heavy atom. The molecule has 0 amide bonds. The number of nitrogens with zero attached hydrogens (tertiary/aromatic N) is 4. The monoisotopic (exact) mass is 274 g/mol. The molecule has 0 aliphatic heterocycles. The van der Waals surface area contributed by atoms with Gasteiger partial charge in [-0.25, -0.2) is 18.4 Å². The lowest BCUT2D eigenvalue weighted by molar-refractivity contribution is 0.606. The highest BCUT2D eigenvalue weighted by Crippen LogP contribution is 2.15. The summed E-state index contributed by atoms with van der Waals surface area (Å²) in [6.45, 7) is 2.23. The van der Waals surface area contributed by atoms with Crippen LogP contribution < -0.4 is 0 Å². The summed E-state index contributed by atoms with van der Waals surface area (Å²) in [5, 5.41) is -0.126. The number of rotatable bonds is 3. The van der Waals surface area contributed by atoms with Crippen LogP contribution in [0.15, 0.2) is 23.7 Å². The average molecular weight is 275 g/mol. The first kappa shape index (κ1) is 12.1. The molecule has 92 valence electrons. The molecule has 17 heavy (non-hydrogen) atoms. The van der Waals surface area contributed by atoms with E-state index in [2.05, 4.69) is 9.97 Å². The number of aromatic nitrogens is 4. The fourth-order valence-electron chi connectivity index (χ4n) is 1.47. The van der Waals surface area contributed by atoms with Gasteiger partial charge in [0.2, 0.25) is 0 Å². The lowest BCUT2D eigenvalue weighted by atomic mass is 10.4. The molecule has 0 bridgehead atoms. The van der Waals surface area contributed by atoms with E-state index in [1.165, 1.54) is 6.20 Å². The van der Waals surface area contributed by atoms with Crippen molar-refractivity contribution in [2.24, 2.45) is 7.05 Å². The number of aryl methyl sites for hydroxylation is 2. The molecular formula is C9H11ClN4O2S. The fraction of sp³-hybridized carbons (Fsp3) is 0.333. The molecule has 0 radical (unpaired) electrons. The van der Waals surface area contributed by atoms with Crippen LogP contribution in [0.3, 0.4) is 0 Å². The molecule has 6 nitrogen and oxygen atoms in total. The van der Waals surface area contributed by atoms with Gasteiger partial charge in [0.15, 0.2) is 5.03 Å². The molecule has 0 fully saturated rings. The molecule has 0 N–H and O–H groups in total. The summed E-state index contributed by atoms with van der Waals surface area (Å²) < 4.78 is 25.8. The zero-order valence-corrected chi connectivity index (χ0v) is 10.9. The van der Waals surface area contributed by atoms with E-state index < -0.39 is 9.05 Å². The average Bonchev–Trinajstić information content (AvgIpc) is 2.75. The van der Waals surface area contributed by atoms with Gasteiger partial charge in [0.1, 0.15) is 5.82 Å². The second-order valence-corrected chi connectivity index (χ2v) is 6.20. The molecule has 0 spiro atoms. The van der Waals surface area contributed by atoms with E-state index in [-0.39, 0.29) is 5.03 Å². The maximum atomic E-state index is 11.1. The van der Waals surface area contributed by atoms with Crippen LogP contribution in [-0.2, 0) is 22.6 Å². The van der Waals surface area contributed by atoms with Crippen molar-refractivity contribution < 1.29 is 8.42 Å². The van der Waals surface area contributed by atoms with E-state index in [0.717, 1.165) is 5.69 Å². The Morgan fingerprint density at radius 1 is 1.47 bits per heavy atom. The molecule has 0 saturated heterocycles. The van der Waals surface area contributed by atoms with Crippen molar-refractivity contribution in [3.8, 4) is 0 Å². The van der Waals surface area contributed by atoms with E-state index in [0.29, 0.717) is 12.4 Å². The van der Waals surface area contributed by atoms with Crippen molar-refractivity contribution in [3.05, 3.63) is 30.2 Å². The second-order valence-electron chi connectivity index (χ2n) is 3.69. The predicted octanol–water partition coefficient (Wildman–Crippen LogP) is 0.901. The van der Waals surface area contributed by atoms with E-state index >= 15 is 0 Å². The first-order valence-electron chi connectivity index (χ1n) is 4.81. The summed E-state index contributed by atoms with van der Waals surface area (Å²) in [4.78, 5) is 7.89. The highest BCUT2D eigenvalue weighted by atomic mass is 35.7. The molecule has 2 rings (SSSR count). The molecule has 8 heteroatoms. The Morgan fingerprint density at radius 2 is 2.18 bits per heavy atom. The smallest absolute Gasteiger partial charge is 0.280 e. The highest BCUT2D eigenvalue weighted by molar-refractivity contribution is 8.13. The van der Waals surface area contributed by atoms with Gasteiger partial charge < -0.3 is 9.13 Å². The third-order valence-corrected chi connectivity index (χ3v) is 3.62. The second kappa shape index (κ2) is 4.15. The fourth-order valence-corrected chi connectivity index (χ4v) is 2.19. The van der Waals surface area contributed by atoms with Crippen LogP contribution in [0.4, 0.5) is 0 Å². The van der Waals surface area contributed by atoms with Crippen LogP contribution in [-0.4, -0.2) is 27.5 Å². The minimum atomic E-state index is -3.78. The number of hydrogen-bond donors (Lipinski definition) is 0. The standard InChI is InChI=1S/C9H11ClN4O2S/c1-7-12-9(17(10,15)16)5-14(7)4-8-3-11-6-13(8)2/h3,5-6H,4H2,1-2H3. The van der Waals surface area contributed by atoms with E-state index in [9.17, 15) is 8.42 Å². The van der Waals surface area contributed by atoms with Crippen LogP contribution in [0, 0.1) is 6.92 Å². The number of imidazole rings is 2. The van der Waals surface area contributed by atoms with Gasteiger partial charge >= 0.3 is 0 Å². The predicted molar refractivity (Wildman–Crippen MR) is 62.3 cm³/mol. The lowest BCUT2D eigenvalue weighted by Gasteiger charge is -2.04. The SMILES string of the molecule is Cc1nc(S(=O)(=O)Cl)cn1Cc1cncn1C. The summed E-state index contributed by atoms with van der Waals surface area (Å²) in [7, 11) is 3.33. The molecule has 0 aliphatic carbocycles. The third kappa shape index (κ3) is 2.50. The van der Waals surface area contributed by atoms with Gasteiger partial charge in [-0.05, 0) is 6.92 Å². The topological polar surface area (TPSA) is 69.8 Å². The lowest BCUT2D eigenvalue weighted by Crippen LogP contribution is -2.04. The maximum Gasteiger partial charge on any atom is 0.280 e. The normalized spacial score (nSPS) is 11.9. The van der Waals surface area contributed by atoms with Crippen molar-refractivity contribution in [1.29, 1.82) is 0 Å². The van der Waals surface area contributed by atoms with Gasteiger partial charge in [-0.3, -0.25) is 0 Å². The van der Waals surface area contributed by atoms with E-state index in [1.807, 2.05) is 11.6 Å². The Hall–Kier alpha value is -1.34.